The van der Waals surface area contributed by atoms with Crippen LogP contribution in [-0.2, 0) is 16.1 Å². The number of aliphatic carboxylic acids is 2. The summed E-state index contributed by atoms with van der Waals surface area (Å²) in [7, 11) is 0. The summed E-state index contributed by atoms with van der Waals surface area (Å²) in [5.41, 5.74) is 2.61. The molecule has 0 saturated heterocycles. The highest BCUT2D eigenvalue weighted by Crippen LogP contribution is 2.23. The van der Waals surface area contributed by atoms with E-state index < -0.39 is 24.3 Å². The number of benzene rings is 1. The van der Waals surface area contributed by atoms with E-state index in [9.17, 15) is 26.3 Å². The lowest BCUT2D eigenvalue weighted by Gasteiger charge is -2.08. The number of imidazole rings is 2. The molecule has 11 nitrogen and oxygen atoms in total. The lowest BCUT2D eigenvalue weighted by molar-refractivity contribution is -0.193. The van der Waals surface area contributed by atoms with Crippen LogP contribution < -0.4 is 10.1 Å². The normalized spacial score (nSPS) is 11.2. The molecule has 0 unspecified atom stereocenters. The van der Waals surface area contributed by atoms with Crippen molar-refractivity contribution in [2.45, 2.75) is 25.3 Å². The topological polar surface area (TPSA) is 155 Å². The van der Waals surface area contributed by atoms with Gasteiger partial charge in [-0.05, 0) is 59.2 Å². The second-order valence-electron chi connectivity index (χ2n) is 7.99. The molecule has 0 aliphatic carbocycles. The van der Waals surface area contributed by atoms with E-state index in [4.69, 9.17) is 24.5 Å². The van der Waals surface area contributed by atoms with Crippen molar-refractivity contribution in [1.82, 2.24) is 29.8 Å². The van der Waals surface area contributed by atoms with Crippen molar-refractivity contribution >= 4 is 39.0 Å². The highest BCUT2D eigenvalue weighted by Gasteiger charge is 2.38. The van der Waals surface area contributed by atoms with Gasteiger partial charge in [0.15, 0.2) is 5.65 Å². The monoisotopic (exact) mass is 668 g/mol. The van der Waals surface area contributed by atoms with Gasteiger partial charge in [0.25, 0.3) is 0 Å². The third-order valence-corrected chi connectivity index (χ3v) is 5.23. The summed E-state index contributed by atoms with van der Waals surface area (Å²) in [6.07, 6.45) is -1.72. The minimum atomic E-state index is -5.08. The van der Waals surface area contributed by atoms with E-state index >= 15 is 0 Å². The number of carboxylic acids is 2. The van der Waals surface area contributed by atoms with Crippen molar-refractivity contribution in [3.8, 4) is 17.1 Å². The van der Waals surface area contributed by atoms with E-state index in [0.717, 1.165) is 58.8 Å². The smallest absolute Gasteiger partial charge is 0.490 e. The Bertz CT molecular complexity index is 1390. The molecule has 0 fully saturated rings. The van der Waals surface area contributed by atoms with Crippen LogP contribution in [0, 0.1) is 0 Å². The minimum Gasteiger partial charge on any atom is -0.492 e. The number of carbonyl (C=O) groups is 2. The van der Waals surface area contributed by atoms with Crippen LogP contribution in [0.3, 0.4) is 0 Å². The number of nitrogens with zero attached hydrogens (tertiary/aromatic N) is 4. The standard InChI is InChI=1S/C20H21BrN6O.2C2HF3O2/c21-16-12-18-20(24-13-16)26-19(25-18)15-2-4-17(5-3-15)28-11-8-22-6-1-9-27-10-7-23-14-27;2*3-2(4,5)1(6)7/h2-5,7,10,12-14,22H,1,6,8-9,11H2,(H,24,25,26);2*(H,6,7). The number of aromatic amines is 1. The summed E-state index contributed by atoms with van der Waals surface area (Å²) < 4.78 is 72.3. The van der Waals surface area contributed by atoms with E-state index in [1.807, 2.05) is 42.9 Å². The summed E-state index contributed by atoms with van der Waals surface area (Å²) in [6, 6.07) is 9.87. The van der Waals surface area contributed by atoms with Gasteiger partial charge in [-0.25, -0.2) is 24.5 Å². The highest BCUT2D eigenvalue weighted by molar-refractivity contribution is 9.10. The summed E-state index contributed by atoms with van der Waals surface area (Å²) in [4.78, 5) is 34.0. The first-order chi connectivity index (χ1) is 19.7. The second kappa shape index (κ2) is 15.7. The lowest BCUT2D eigenvalue weighted by atomic mass is 10.2. The Morgan fingerprint density at radius 3 is 2.19 bits per heavy atom. The SMILES string of the molecule is Brc1cnc2[nH]c(-c3ccc(OCCNCCCn4ccnc4)cc3)nc2c1.O=C(O)C(F)(F)F.O=C(O)C(F)(F)F. The molecule has 3 heterocycles. The van der Waals surface area contributed by atoms with Crippen molar-refractivity contribution in [2.75, 3.05) is 19.7 Å². The van der Waals surface area contributed by atoms with Gasteiger partial charge in [-0.15, -0.1) is 0 Å². The number of alkyl halides is 6. The van der Waals surface area contributed by atoms with Crippen molar-refractivity contribution in [3.05, 3.63) is 59.7 Å². The highest BCUT2D eigenvalue weighted by atomic mass is 79.9. The molecular formula is C24H23BrF6N6O5. The molecule has 0 bridgehead atoms. The number of nitrogens with one attached hydrogen (secondary N) is 2. The molecule has 1 aromatic carbocycles. The lowest BCUT2D eigenvalue weighted by Crippen LogP contribution is -2.22. The number of H-pyrrole nitrogens is 1. The molecule has 228 valence electrons. The minimum absolute atomic E-state index is 0.632. The summed E-state index contributed by atoms with van der Waals surface area (Å²) in [5, 5.41) is 17.6. The van der Waals surface area contributed by atoms with Crippen LogP contribution in [-0.4, -0.2) is 78.7 Å². The molecular weight excluding hydrogens is 646 g/mol. The van der Waals surface area contributed by atoms with Gasteiger partial charge in [0.2, 0.25) is 0 Å². The van der Waals surface area contributed by atoms with Gasteiger partial charge in [0.1, 0.15) is 23.7 Å². The molecule has 0 atom stereocenters. The molecule has 42 heavy (non-hydrogen) atoms. The van der Waals surface area contributed by atoms with Gasteiger partial charge in [-0.3, -0.25) is 0 Å². The first-order valence-electron chi connectivity index (χ1n) is 11.7. The molecule has 0 spiro atoms. The zero-order valence-electron chi connectivity index (χ0n) is 21.3. The van der Waals surface area contributed by atoms with E-state index in [1.165, 1.54) is 0 Å². The fourth-order valence-electron chi connectivity index (χ4n) is 2.89. The number of aromatic nitrogens is 5. The number of hydrogen-bond acceptors (Lipinski definition) is 7. The maximum atomic E-state index is 10.6. The van der Waals surface area contributed by atoms with Crippen LogP contribution in [0.5, 0.6) is 5.75 Å². The third kappa shape index (κ3) is 12.1. The van der Waals surface area contributed by atoms with Crippen LogP contribution in [0.4, 0.5) is 26.3 Å². The predicted octanol–water partition coefficient (Wildman–Crippen LogP) is 4.91. The molecule has 0 aliphatic heterocycles. The summed E-state index contributed by atoms with van der Waals surface area (Å²) >= 11 is 3.42. The first kappa shape index (κ1) is 34.0. The maximum absolute atomic E-state index is 10.6. The summed E-state index contributed by atoms with van der Waals surface area (Å²) in [5.74, 6) is -3.87. The van der Waals surface area contributed by atoms with E-state index in [2.05, 4.69) is 45.7 Å². The van der Waals surface area contributed by atoms with E-state index in [-0.39, 0.29) is 0 Å². The number of rotatable bonds is 9. The van der Waals surface area contributed by atoms with Gasteiger partial charge in [0.05, 0.1) is 6.33 Å². The van der Waals surface area contributed by atoms with Crippen molar-refractivity contribution in [1.29, 1.82) is 0 Å². The molecule has 0 amide bonds. The number of fused-ring (bicyclic) bond motifs is 1. The average molecular weight is 669 g/mol. The van der Waals surface area contributed by atoms with Gasteiger partial charge in [-0.1, -0.05) is 0 Å². The van der Waals surface area contributed by atoms with Crippen LogP contribution >= 0.6 is 15.9 Å². The predicted molar refractivity (Wildman–Crippen MR) is 140 cm³/mol. The first-order valence-corrected chi connectivity index (χ1v) is 12.5. The number of hydrogen-bond donors (Lipinski definition) is 4. The maximum Gasteiger partial charge on any atom is 0.490 e. The Balaban J connectivity index is 0.000000367. The van der Waals surface area contributed by atoms with Crippen LogP contribution in [0.15, 0.2) is 59.7 Å². The summed E-state index contributed by atoms with van der Waals surface area (Å²) in [6.45, 7) is 3.38. The largest absolute Gasteiger partial charge is 0.492 e. The second-order valence-corrected chi connectivity index (χ2v) is 8.91. The Labute approximate surface area is 241 Å². The van der Waals surface area contributed by atoms with Gasteiger partial charge < -0.3 is 29.8 Å². The molecule has 4 aromatic rings. The van der Waals surface area contributed by atoms with E-state index in [0.29, 0.717) is 6.61 Å². The van der Waals surface area contributed by atoms with Crippen LogP contribution in [0.2, 0.25) is 0 Å². The van der Waals surface area contributed by atoms with Gasteiger partial charge in [0, 0.05) is 41.7 Å². The van der Waals surface area contributed by atoms with E-state index in [1.54, 1.807) is 12.4 Å². The zero-order valence-corrected chi connectivity index (χ0v) is 22.9. The Morgan fingerprint density at radius 1 is 1.02 bits per heavy atom. The number of aryl methyl sites for hydroxylation is 1. The van der Waals surface area contributed by atoms with Gasteiger partial charge in [-0.2, -0.15) is 26.3 Å². The quantitative estimate of drug-likeness (QED) is 0.144. The molecule has 4 N–H and O–H groups in total. The third-order valence-electron chi connectivity index (χ3n) is 4.79. The van der Waals surface area contributed by atoms with Crippen LogP contribution in [0.1, 0.15) is 6.42 Å². The molecule has 0 aliphatic rings. The number of pyridine rings is 1. The molecule has 18 heteroatoms. The molecule has 3 aromatic heterocycles. The Kier molecular flexibility index (Phi) is 12.7. The van der Waals surface area contributed by atoms with Gasteiger partial charge >= 0.3 is 24.3 Å². The van der Waals surface area contributed by atoms with Crippen molar-refractivity contribution < 1.29 is 50.9 Å². The average Bonchev–Trinajstić information content (AvgIpc) is 3.58. The fraction of sp³-hybridized carbons (Fsp3) is 0.292. The number of halogens is 7. The Morgan fingerprint density at radius 2 is 1.64 bits per heavy atom. The Hall–Kier alpha value is -4.19. The number of carboxylic acid groups (broad SMARTS) is 2. The van der Waals surface area contributed by atoms with Crippen molar-refractivity contribution in [2.24, 2.45) is 0 Å². The molecule has 0 saturated carbocycles. The molecule has 4 rings (SSSR count). The molecule has 0 radical (unpaired) electrons. The fourth-order valence-corrected chi connectivity index (χ4v) is 3.21. The van der Waals surface area contributed by atoms with Crippen LogP contribution in [0.25, 0.3) is 22.6 Å². The van der Waals surface area contributed by atoms with Crippen molar-refractivity contribution in [3.63, 3.8) is 0 Å². The zero-order chi connectivity index (χ0) is 31.3. The number of ether oxygens (including phenoxy) is 1.